The zero-order valence-electron chi connectivity index (χ0n) is 16.6. The van der Waals surface area contributed by atoms with Crippen molar-refractivity contribution >= 4 is 39.2 Å². The number of hydrogen-bond donors (Lipinski definition) is 2. The van der Waals surface area contributed by atoms with Crippen molar-refractivity contribution in [2.45, 2.75) is 77.3 Å². The van der Waals surface area contributed by atoms with Gasteiger partial charge in [0.2, 0.25) is 5.91 Å². The maximum absolute atomic E-state index is 12.7. The van der Waals surface area contributed by atoms with E-state index in [-0.39, 0.29) is 22.3 Å². The minimum absolute atomic E-state index is 0.0648. The zero-order valence-corrected chi connectivity index (χ0v) is 18.3. The third kappa shape index (κ3) is 5.10. The van der Waals surface area contributed by atoms with E-state index in [1.165, 1.54) is 11.8 Å². The summed E-state index contributed by atoms with van der Waals surface area (Å²) in [5.41, 5.74) is 0.721. The smallest absolute Gasteiger partial charge is 0.260 e. The Hall–Kier alpha value is -1.34. The van der Waals surface area contributed by atoms with Crippen LogP contribution in [0.5, 0.6) is 0 Å². The summed E-state index contributed by atoms with van der Waals surface area (Å²) in [5, 5.41) is 3.83. The van der Waals surface area contributed by atoms with Gasteiger partial charge in [0.05, 0.1) is 10.6 Å². The van der Waals surface area contributed by atoms with E-state index in [4.69, 9.17) is 0 Å². The number of carbonyl (C=O) groups excluding carboxylic acids is 1. The van der Waals surface area contributed by atoms with Gasteiger partial charge in [-0.3, -0.25) is 9.59 Å². The van der Waals surface area contributed by atoms with Crippen LogP contribution in [-0.4, -0.2) is 26.7 Å². The summed E-state index contributed by atoms with van der Waals surface area (Å²) in [4.78, 5) is 34.3. The van der Waals surface area contributed by atoms with E-state index < -0.39 is 0 Å². The van der Waals surface area contributed by atoms with E-state index in [1.54, 1.807) is 11.3 Å². The van der Waals surface area contributed by atoms with E-state index >= 15 is 0 Å². The predicted molar refractivity (Wildman–Crippen MR) is 111 cm³/mol. The summed E-state index contributed by atoms with van der Waals surface area (Å²) < 4.78 is 0. The highest BCUT2D eigenvalue weighted by molar-refractivity contribution is 8.00. The Morgan fingerprint density at radius 1 is 1.35 bits per heavy atom. The van der Waals surface area contributed by atoms with E-state index in [2.05, 4.69) is 36.1 Å². The second-order valence-corrected chi connectivity index (χ2v) is 10.4. The Labute approximate surface area is 163 Å². The SMILES string of the molecule is CCC(C)Cc1c(C)sc2nc(SC(C)C(=O)NC(C)(C)C)[nH]c(=O)c12. The van der Waals surface area contributed by atoms with E-state index in [9.17, 15) is 9.59 Å². The van der Waals surface area contributed by atoms with Gasteiger partial charge in [-0.1, -0.05) is 32.0 Å². The molecule has 0 spiro atoms. The number of aryl methyl sites for hydroxylation is 1. The number of aromatic amines is 1. The van der Waals surface area contributed by atoms with Gasteiger partial charge in [-0.05, 0) is 52.5 Å². The second kappa shape index (κ2) is 8.13. The lowest BCUT2D eigenvalue weighted by Gasteiger charge is -2.22. The number of thiophene rings is 1. The van der Waals surface area contributed by atoms with E-state index in [1.807, 2.05) is 27.7 Å². The quantitative estimate of drug-likeness (QED) is 0.565. The number of hydrogen-bond acceptors (Lipinski definition) is 5. The summed E-state index contributed by atoms with van der Waals surface area (Å²) in [6.07, 6.45) is 1.97. The van der Waals surface area contributed by atoms with Crippen molar-refractivity contribution in [3.8, 4) is 0 Å². The fraction of sp³-hybridized carbons (Fsp3) is 0.632. The molecule has 5 nitrogen and oxygen atoms in total. The fourth-order valence-electron chi connectivity index (χ4n) is 2.64. The van der Waals surface area contributed by atoms with Crippen LogP contribution in [0.15, 0.2) is 9.95 Å². The van der Waals surface area contributed by atoms with Crippen molar-refractivity contribution < 1.29 is 4.79 Å². The molecule has 2 N–H and O–H groups in total. The number of amides is 1. The van der Waals surface area contributed by atoms with Crippen molar-refractivity contribution in [3.05, 3.63) is 20.8 Å². The molecule has 0 radical (unpaired) electrons. The number of rotatable bonds is 6. The average molecular weight is 396 g/mol. The highest BCUT2D eigenvalue weighted by atomic mass is 32.2. The molecule has 0 bridgehead atoms. The molecule has 2 heterocycles. The average Bonchev–Trinajstić information content (AvgIpc) is 2.81. The first kappa shape index (κ1) is 21.0. The maximum Gasteiger partial charge on any atom is 0.260 e. The number of carbonyl (C=O) groups is 1. The van der Waals surface area contributed by atoms with E-state index in [0.29, 0.717) is 16.5 Å². The molecule has 0 aliphatic rings. The van der Waals surface area contributed by atoms with Gasteiger partial charge in [-0.15, -0.1) is 11.3 Å². The lowest BCUT2D eigenvalue weighted by molar-refractivity contribution is -0.121. The molecule has 1 amide bonds. The highest BCUT2D eigenvalue weighted by Crippen LogP contribution is 2.31. The van der Waals surface area contributed by atoms with Crippen LogP contribution in [0.4, 0.5) is 0 Å². The van der Waals surface area contributed by atoms with Crippen molar-refractivity contribution in [1.29, 1.82) is 0 Å². The third-order valence-electron chi connectivity index (χ3n) is 4.25. The molecule has 7 heteroatoms. The molecule has 2 unspecified atom stereocenters. The van der Waals surface area contributed by atoms with Gasteiger partial charge in [-0.2, -0.15) is 0 Å². The normalized spacial score (nSPS) is 14.4. The van der Waals surface area contributed by atoms with Gasteiger partial charge in [0.25, 0.3) is 5.56 Å². The minimum Gasteiger partial charge on any atom is -0.351 e. The number of nitrogens with zero attached hydrogens (tertiary/aromatic N) is 1. The second-order valence-electron chi connectivity index (χ2n) is 7.90. The largest absolute Gasteiger partial charge is 0.351 e. The van der Waals surface area contributed by atoms with Crippen molar-refractivity contribution in [2.75, 3.05) is 0 Å². The highest BCUT2D eigenvalue weighted by Gasteiger charge is 2.22. The van der Waals surface area contributed by atoms with Crippen LogP contribution in [0.1, 0.15) is 58.4 Å². The molecule has 144 valence electrons. The molecular weight excluding hydrogens is 366 g/mol. The Balaban J connectivity index is 2.29. The standard InChI is InChI=1S/C19H29N3O2S2/c1-8-10(2)9-13-11(3)25-17-14(13)16(24)20-18(21-17)26-12(4)15(23)22-19(5,6)7/h10,12H,8-9H2,1-7H3,(H,22,23)(H,20,21,24). The van der Waals surface area contributed by atoms with Gasteiger partial charge in [0.15, 0.2) is 5.16 Å². The molecule has 2 rings (SSSR count). The lowest BCUT2D eigenvalue weighted by atomic mass is 9.98. The number of fused-ring (bicyclic) bond motifs is 1. The number of nitrogens with one attached hydrogen (secondary N) is 2. The van der Waals surface area contributed by atoms with Crippen LogP contribution < -0.4 is 10.9 Å². The van der Waals surface area contributed by atoms with Crippen molar-refractivity contribution in [3.63, 3.8) is 0 Å². The van der Waals surface area contributed by atoms with Crippen LogP contribution in [0.3, 0.4) is 0 Å². The van der Waals surface area contributed by atoms with Gasteiger partial charge >= 0.3 is 0 Å². The first-order chi connectivity index (χ1) is 12.0. The van der Waals surface area contributed by atoms with Crippen LogP contribution in [0.2, 0.25) is 0 Å². The summed E-state index contributed by atoms with van der Waals surface area (Å²) in [6.45, 7) is 14.1. The van der Waals surface area contributed by atoms with Crippen LogP contribution in [-0.2, 0) is 11.2 Å². The molecule has 0 saturated carbocycles. The summed E-state index contributed by atoms with van der Waals surface area (Å²) >= 11 is 2.84. The Morgan fingerprint density at radius 2 is 2.00 bits per heavy atom. The number of thioether (sulfide) groups is 1. The summed E-state index contributed by atoms with van der Waals surface area (Å²) in [7, 11) is 0. The molecule has 0 saturated heterocycles. The first-order valence-electron chi connectivity index (χ1n) is 9.02. The monoisotopic (exact) mass is 395 g/mol. The van der Waals surface area contributed by atoms with Gasteiger partial charge in [0, 0.05) is 10.4 Å². The van der Waals surface area contributed by atoms with Crippen molar-refractivity contribution in [2.24, 2.45) is 5.92 Å². The van der Waals surface area contributed by atoms with Gasteiger partial charge in [-0.25, -0.2) is 4.98 Å². The predicted octanol–water partition coefficient (Wildman–Crippen LogP) is 4.28. The molecule has 26 heavy (non-hydrogen) atoms. The maximum atomic E-state index is 12.7. The van der Waals surface area contributed by atoms with E-state index in [0.717, 1.165) is 28.1 Å². The fourth-order valence-corrected chi connectivity index (χ4v) is 4.55. The zero-order chi connectivity index (χ0) is 19.6. The molecular formula is C19H29N3O2S2. The molecule has 0 aliphatic carbocycles. The van der Waals surface area contributed by atoms with Gasteiger partial charge < -0.3 is 10.3 Å². The Bertz CT molecular complexity index is 849. The summed E-state index contributed by atoms with van der Waals surface area (Å²) in [6, 6.07) is 0. The number of aromatic nitrogens is 2. The third-order valence-corrected chi connectivity index (χ3v) is 6.27. The molecule has 0 aliphatic heterocycles. The first-order valence-corrected chi connectivity index (χ1v) is 10.7. The lowest BCUT2D eigenvalue weighted by Crippen LogP contribution is -2.44. The summed E-state index contributed by atoms with van der Waals surface area (Å²) in [5.74, 6) is 0.464. The Kier molecular flexibility index (Phi) is 6.55. The number of H-pyrrole nitrogens is 1. The topological polar surface area (TPSA) is 74.8 Å². The van der Waals surface area contributed by atoms with Gasteiger partial charge in [0.1, 0.15) is 4.83 Å². The Morgan fingerprint density at radius 3 is 2.58 bits per heavy atom. The van der Waals surface area contributed by atoms with Crippen LogP contribution in [0, 0.1) is 12.8 Å². The molecule has 2 atom stereocenters. The molecule has 2 aromatic heterocycles. The minimum atomic E-state index is -0.338. The van der Waals surface area contributed by atoms with Crippen molar-refractivity contribution in [1.82, 2.24) is 15.3 Å². The van der Waals surface area contributed by atoms with Crippen LogP contribution in [0.25, 0.3) is 10.2 Å². The molecule has 2 aromatic rings. The van der Waals surface area contributed by atoms with Crippen LogP contribution >= 0.6 is 23.1 Å². The molecule has 0 aromatic carbocycles. The molecule has 0 fully saturated rings.